The molecule has 0 aliphatic heterocycles. The Morgan fingerprint density at radius 2 is 1.95 bits per heavy atom. The van der Waals surface area contributed by atoms with E-state index in [1.54, 1.807) is 24.4 Å². The van der Waals surface area contributed by atoms with Gasteiger partial charge in [0.05, 0.1) is 5.02 Å². The average Bonchev–Trinajstić information content (AvgIpc) is 2.43. The van der Waals surface area contributed by atoms with E-state index in [0.717, 1.165) is 12.1 Å². The number of hydrogen-bond acceptors (Lipinski definition) is 3. The summed E-state index contributed by atoms with van der Waals surface area (Å²) in [5.41, 5.74) is 0.987. The summed E-state index contributed by atoms with van der Waals surface area (Å²) in [6, 6.07) is 6.78. The van der Waals surface area contributed by atoms with Gasteiger partial charge in [-0.2, -0.15) is 0 Å². The zero-order valence-electron chi connectivity index (χ0n) is 10.8. The van der Waals surface area contributed by atoms with E-state index in [9.17, 15) is 0 Å². The third-order valence-corrected chi connectivity index (χ3v) is 3.36. The van der Waals surface area contributed by atoms with Gasteiger partial charge < -0.3 is 10.1 Å². The van der Waals surface area contributed by atoms with Gasteiger partial charge >= 0.3 is 0 Å². The number of nitrogens with zero attached hydrogens (tertiary/aromatic N) is 1. The van der Waals surface area contributed by atoms with Crippen molar-refractivity contribution in [3.8, 4) is 11.6 Å². The maximum absolute atomic E-state index is 6.16. The van der Waals surface area contributed by atoms with Gasteiger partial charge in [0.1, 0.15) is 10.8 Å². The predicted molar refractivity (Wildman–Crippen MR) is 83.2 cm³/mol. The molecule has 1 heterocycles. The van der Waals surface area contributed by atoms with Gasteiger partial charge in [-0.3, -0.25) is 0 Å². The molecule has 3 nitrogen and oxygen atoms in total. The molecule has 20 heavy (non-hydrogen) atoms. The van der Waals surface area contributed by atoms with Crippen LogP contribution in [-0.4, -0.2) is 11.5 Å². The molecular weight excluding hydrogens is 319 g/mol. The minimum absolute atomic E-state index is 0.302. The summed E-state index contributed by atoms with van der Waals surface area (Å²) in [6.07, 6.45) is 1.71. The molecule has 1 aromatic heterocycles. The Morgan fingerprint density at radius 3 is 2.65 bits per heavy atom. The van der Waals surface area contributed by atoms with Gasteiger partial charge in [0.2, 0.25) is 5.88 Å². The van der Waals surface area contributed by atoms with Gasteiger partial charge in [-0.15, -0.1) is 0 Å². The van der Waals surface area contributed by atoms with Crippen molar-refractivity contribution in [1.29, 1.82) is 0 Å². The van der Waals surface area contributed by atoms with Crippen LogP contribution >= 0.6 is 34.8 Å². The van der Waals surface area contributed by atoms with Gasteiger partial charge in [-0.25, -0.2) is 4.98 Å². The SMILES string of the molecule is CCNCc1cnc(Oc2cc(Cl)ccc2Cl)c(Cl)c1. The average molecular weight is 332 g/mol. The largest absolute Gasteiger partial charge is 0.436 e. The van der Waals surface area contributed by atoms with E-state index < -0.39 is 0 Å². The van der Waals surface area contributed by atoms with Crippen LogP contribution in [0, 0.1) is 0 Å². The van der Waals surface area contributed by atoms with Crippen LogP contribution in [0.5, 0.6) is 11.6 Å². The summed E-state index contributed by atoms with van der Waals surface area (Å²) in [6.45, 7) is 3.63. The quantitative estimate of drug-likeness (QED) is 0.842. The van der Waals surface area contributed by atoms with Crippen molar-refractivity contribution in [2.45, 2.75) is 13.5 Å². The first-order valence-electron chi connectivity index (χ1n) is 6.08. The molecule has 0 atom stereocenters. The monoisotopic (exact) mass is 330 g/mol. The van der Waals surface area contributed by atoms with Gasteiger partial charge in [0, 0.05) is 23.8 Å². The van der Waals surface area contributed by atoms with Crippen LogP contribution in [0.4, 0.5) is 0 Å². The van der Waals surface area contributed by atoms with Crippen molar-refractivity contribution in [1.82, 2.24) is 10.3 Å². The van der Waals surface area contributed by atoms with Crippen LogP contribution in [0.2, 0.25) is 15.1 Å². The summed E-state index contributed by atoms with van der Waals surface area (Å²) >= 11 is 18.1. The second-order valence-corrected chi connectivity index (χ2v) is 5.34. The van der Waals surface area contributed by atoms with E-state index in [1.807, 2.05) is 13.0 Å². The Kier molecular flexibility index (Phi) is 5.49. The minimum Gasteiger partial charge on any atom is -0.436 e. The van der Waals surface area contributed by atoms with E-state index >= 15 is 0 Å². The van der Waals surface area contributed by atoms with E-state index in [4.69, 9.17) is 39.5 Å². The molecule has 0 aliphatic rings. The summed E-state index contributed by atoms with van der Waals surface area (Å²) in [5, 5.41) is 4.61. The maximum Gasteiger partial charge on any atom is 0.238 e. The number of ether oxygens (including phenoxy) is 1. The highest BCUT2D eigenvalue weighted by Crippen LogP contribution is 2.34. The molecule has 0 saturated carbocycles. The Labute approximate surface area is 132 Å². The molecule has 0 unspecified atom stereocenters. The van der Waals surface area contributed by atoms with Gasteiger partial charge in [0.25, 0.3) is 0 Å². The zero-order chi connectivity index (χ0) is 14.5. The lowest BCUT2D eigenvalue weighted by Crippen LogP contribution is -2.11. The second-order valence-electron chi connectivity index (χ2n) is 4.09. The Balaban J connectivity index is 2.19. The fourth-order valence-electron chi connectivity index (χ4n) is 1.57. The van der Waals surface area contributed by atoms with E-state index in [1.165, 1.54) is 0 Å². The number of halogens is 3. The fraction of sp³-hybridized carbons (Fsp3) is 0.214. The second kappa shape index (κ2) is 7.14. The lowest BCUT2D eigenvalue weighted by molar-refractivity contribution is 0.463. The Hall–Kier alpha value is -1.000. The first-order valence-corrected chi connectivity index (χ1v) is 7.21. The molecule has 2 aromatic rings. The molecule has 6 heteroatoms. The van der Waals surface area contributed by atoms with Crippen molar-refractivity contribution >= 4 is 34.8 Å². The molecule has 0 amide bonds. The van der Waals surface area contributed by atoms with E-state index in [2.05, 4.69) is 10.3 Å². The molecule has 0 spiro atoms. The molecular formula is C14H13Cl3N2O. The summed E-state index contributed by atoms with van der Waals surface area (Å²) in [7, 11) is 0. The zero-order valence-corrected chi connectivity index (χ0v) is 13.1. The standard InChI is InChI=1S/C14H13Cl3N2O/c1-2-18-7-9-5-12(17)14(19-8-9)20-13-6-10(15)3-4-11(13)16/h3-6,8,18H,2,7H2,1H3. The first-order chi connectivity index (χ1) is 9.60. The summed E-state index contributed by atoms with van der Waals surface area (Å²) in [4.78, 5) is 4.20. The van der Waals surface area contributed by atoms with E-state index in [-0.39, 0.29) is 0 Å². The minimum atomic E-state index is 0.302. The van der Waals surface area contributed by atoms with Crippen LogP contribution in [0.1, 0.15) is 12.5 Å². The number of rotatable bonds is 5. The van der Waals surface area contributed by atoms with Crippen LogP contribution in [-0.2, 0) is 6.54 Å². The smallest absolute Gasteiger partial charge is 0.238 e. The molecule has 1 aromatic carbocycles. The third kappa shape index (κ3) is 4.00. The Morgan fingerprint density at radius 1 is 1.15 bits per heavy atom. The third-order valence-electron chi connectivity index (χ3n) is 2.54. The van der Waals surface area contributed by atoms with Crippen molar-refractivity contribution < 1.29 is 4.74 Å². The predicted octanol–water partition coefficient (Wildman–Crippen LogP) is 4.94. The number of pyridine rings is 1. The molecule has 0 bridgehead atoms. The fourth-order valence-corrected chi connectivity index (χ4v) is 2.11. The number of benzene rings is 1. The van der Waals surface area contributed by atoms with Crippen molar-refractivity contribution in [2.24, 2.45) is 0 Å². The Bertz CT molecular complexity index is 605. The van der Waals surface area contributed by atoms with Crippen LogP contribution < -0.4 is 10.1 Å². The summed E-state index contributed by atoms with van der Waals surface area (Å²) < 4.78 is 5.60. The molecule has 106 valence electrons. The van der Waals surface area contributed by atoms with Crippen LogP contribution in [0.25, 0.3) is 0 Å². The normalized spacial score (nSPS) is 10.6. The lowest BCUT2D eigenvalue weighted by Gasteiger charge is -2.10. The highest BCUT2D eigenvalue weighted by molar-refractivity contribution is 6.34. The maximum atomic E-state index is 6.16. The highest BCUT2D eigenvalue weighted by atomic mass is 35.5. The lowest BCUT2D eigenvalue weighted by atomic mass is 10.3. The van der Waals surface area contributed by atoms with E-state index in [0.29, 0.717) is 33.2 Å². The molecule has 2 rings (SSSR count). The van der Waals surface area contributed by atoms with Crippen molar-refractivity contribution in [3.05, 3.63) is 51.1 Å². The summed E-state index contributed by atoms with van der Waals surface area (Å²) in [5.74, 6) is 0.726. The van der Waals surface area contributed by atoms with Gasteiger partial charge in [-0.1, -0.05) is 41.7 Å². The number of nitrogens with one attached hydrogen (secondary N) is 1. The first kappa shape index (κ1) is 15.4. The number of aromatic nitrogens is 1. The van der Waals surface area contributed by atoms with Gasteiger partial charge in [0.15, 0.2) is 0 Å². The molecule has 0 radical (unpaired) electrons. The van der Waals surface area contributed by atoms with Crippen molar-refractivity contribution in [2.75, 3.05) is 6.54 Å². The molecule has 1 N–H and O–H groups in total. The molecule has 0 aliphatic carbocycles. The van der Waals surface area contributed by atoms with Crippen LogP contribution in [0.15, 0.2) is 30.5 Å². The van der Waals surface area contributed by atoms with Crippen molar-refractivity contribution in [3.63, 3.8) is 0 Å². The molecule has 0 saturated heterocycles. The van der Waals surface area contributed by atoms with Crippen LogP contribution in [0.3, 0.4) is 0 Å². The topological polar surface area (TPSA) is 34.2 Å². The van der Waals surface area contributed by atoms with Gasteiger partial charge in [-0.05, 0) is 30.3 Å². The highest BCUT2D eigenvalue weighted by Gasteiger charge is 2.09. The molecule has 0 fully saturated rings. The number of hydrogen-bond donors (Lipinski definition) is 1.